The molecule has 1 aromatic carbocycles. The zero-order valence-corrected chi connectivity index (χ0v) is 9.43. The maximum Gasteiger partial charge on any atom is 0.267 e. The molecule has 0 saturated carbocycles. The molecule has 0 aliphatic carbocycles. The summed E-state index contributed by atoms with van der Waals surface area (Å²) in [6.45, 7) is 0. The predicted molar refractivity (Wildman–Crippen MR) is 60.2 cm³/mol. The summed E-state index contributed by atoms with van der Waals surface area (Å²) in [4.78, 5) is 10.8. The van der Waals surface area contributed by atoms with Gasteiger partial charge in [-0.1, -0.05) is 0 Å². The molecular formula is C11H13NO5. The van der Waals surface area contributed by atoms with Gasteiger partial charge < -0.3 is 14.6 Å². The topological polar surface area (TPSA) is 88.0 Å². The molecule has 1 rings (SSSR count). The van der Waals surface area contributed by atoms with E-state index in [0.29, 0.717) is 5.56 Å². The Kier molecular flexibility index (Phi) is 4.36. The number of hydrogen-bond acceptors (Lipinski definition) is 5. The average molecular weight is 239 g/mol. The molecule has 0 heterocycles. The van der Waals surface area contributed by atoms with Crippen LogP contribution in [0.3, 0.4) is 0 Å². The standard InChI is InChI=1S/C11H13NO5/c1-16-8-5-7(3-4-10(13)12-15)6-9(17-2)11(8)14/h3-6,14-15H,1-2H3,(H,12,13)/b4-3+. The van der Waals surface area contributed by atoms with Crippen molar-refractivity contribution in [2.24, 2.45) is 0 Å². The highest BCUT2D eigenvalue weighted by Crippen LogP contribution is 2.37. The number of nitrogens with one attached hydrogen (secondary N) is 1. The second kappa shape index (κ2) is 5.76. The fraction of sp³-hybridized carbons (Fsp3) is 0.182. The first-order valence-corrected chi connectivity index (χ1v) is 4.69. The van der Waals surface area contributed by atoms with E-state index in [-0.39, 0.29) is 17.2 Å². The van der Waals surface area contributed by atoms with Crippen LogP contribution in [-0.4, -0.2) is 30.4 Å². The van der Waals surface area contributed by atoms with Gasteiger partial charge in [-0.2, -0.15) is 0 Å². The van der Waals surface area contributed by atoms with Gasteiger partial charge in [-0.25, -0.2) is 5.48 Å². The molecule has 0 spiro atoms. The number of methoxy groups -OCH3 is 2. The molecule has 92 valence electrons. The van der Waals surface area contributed by atoms with Crippen LogP contribution in [-0.2, 0) is 4.79 Å². The summed E-state index contributed by atoms with van der Waals surface area (Å²) in [7, 11) is 2.81. The van der Waals surface area contributed by atoms with Gasteiger partial charge >= 0.3 is 0 Å². The van der Waals surface area contributed by atoms with Crippen LogP contribution in [0.5, 0.6) is 17.2 Å². The number of rotatable bonds is 4. The second-order valence-corrected chi connectivity index (χ2v) is 3.08. The first-order valence-electron chi connectivity index (χ1n) is 4.69. The van der Waals surface area contributed by atoms with E-state index < -0.39 is 5.91 Å². The normalized spacial score (nSPS) is 10.3. The van der Waals surface area contributed by atoms with Crippen molar-refractivity contribution < 1.29 is 24.6 Å². The number of ether oxygens (including phenoxy) is 2. The molecule has 0 unspecified atom stereocenters. The van der Waals surface area contributed by atoms with Crippen molar-refractivity contribution in [1.29, 1.82) is 0 Å². The molecule has 0 atom stereocenters. The molecule has 6 nitrogen and oxygen atoms in total. The zero-order valence-electron chi connectivity index (χ0n) is 9.43. The molecular weight excluding hydrogens is 226 g/mol. The Hall–Kier alpha value is -2.21. The molecule has 0 saturated heterocycles. The average Bonchev–Trinajstić information content (AvgIpc) is 2.36. The Morgan fingerprint density at radius 2 is 1.82 bits per heavy atom. The minimum atomic E-state index is -0.656. The smallest absolute Gasteiger partial charge is 0.267 e. The minimum Gasteiger partial charge on any atom is -0.502 e. The van der Waals surface area contributed by atoms with E-state index in [1.807, 2.05) is 0 Å². The van der Waals surface area contributed by atoms with Crippen LogP contribution in [0, 0.1) is 0 Å². The van der Waals surface area contributed by atoms with E-state index in [0.717, 1.165) is 6.08 Å². The third-order valence-corrected chi connectivity index (χ3v) is 2.04. The number of amides is 1. The fourth-order valence-electron chi connectivity index (χ4n) is 1.22. The van der Waals surface area contributed by atoms with Gasteiger partial charge in [0.05, 0.1) is 14.2 Å². The van der Waals surface area contributed by atoms with Gasteiger partial charge in [-0.3, -0.25) is 10.0 Å². The lowest BCUT2D eigenvalue weighted by molar-refractivity contribution is -0.124. The molecule has 1 aromatic rings. The van der Waals surface area contributed by atoms with Gasteiger partial charge in [-0.05, 0) is 23.8 Å². The zero-order chi connectivity index (χ0) is 12.8. The number of benzene rings is 1. The highest BCUT2D eigenvalue weighted by atomic mass is 16.5. The van der Waals surface area contributed by atoms with Crippen molar-refractivity contribution in [2.45, 2.75) is 0 Å². The third-order valence-electron chi connectivity index (χ3n) is 2.04. The lowest BCUT2D eigenvalue weighted by Gasteiger charge is -2.09. The Balaban J connectivity index is 3.09. The quantitative estimate of drug-likeness (QED) is 0.413. The highest BCUT2D eigenvalue weighted by Gasteiger charge is 2.09. The molecule has 17 heavy (non-hydrogen) atoms. The lowest BCUT2D eigenvalue weighted by atomic mass is 10.1. The van der Waals surface area contributed by atoms with Crippen LogP contribution in [0.15, 0.2) is 18.2 Å². The summed E-state index contributed by atoms with van der Waals surface area (Å²) in [6, 6.07) is 3.05. The number of aromatic hydroxyl groups is 1. The summed E-state index contributed by atoms with van der Waals surface area (Å²) in [5.74, 6) is -0.309. The Labute approximate surface area is 98.0 Å². The largest absolute Gasteiger partial charge is 0.502 e. The molecule has 6 heteroatoms. The van der Waals surface area contributed by atoms with Crippen LogP contribution >= 0.6 is 0 Å². The number of hydroxylamine groups is 1. The van der Waals surface area contributed by atoms with Crippen LogP contribution < -0.4 is 15.0 Å². The van der Waals surface area contributed by atoms with Crippen molar-refractivity contribution in [3.05, 3.63) is 23.8 Å². The summed E-state index contributed by atoms with van der Waals surface area (Å²) >= 11 is 0. The van der Waals surface area contributed by atoms with E-state index in [1.54, 1.807) is 0 Å². The summed E-state index contributed by atoms with van der Waals surface area (Å²) in [5, 5.41) is 18.0. The predicted octanol–water partition coefficient (Wildman–Crippen LogP) is 0.928. The second-order valence-electron chi connectivity index (χ2n) is 3.08. The molecule has 0 aliphatic heterocycles. The number of phenols is 1. The van der Waals surface area contributed by atoms with Crippen molar-refractivity contribution in [3.8, 4) is 17.2 Å². The molecule has 1 amide bonds. The van der Waals surface area contributed by atoms with Crippen LogP contribution in [0.2, 0.25) is 0 Å². The van der Waals surface area contributed by atoms with Crippen molar-refractivity contribution in [2.75, 3.05) is 14.2 Å². The van der Waals surface area contributed by atoms with E-state index >= 15 is 0 Å². The summed E-state index contributed by atoms with van der Waals surface area (Å²) in [5.41, 5.74) is 2.05. The van der Waals surface area contributed by atoms with Gasteiger partial charge in [0.15, 0.2) is 11.5 Å². The molecule has 0 radical (unpaired) electrons. The van der Waals surface area contributed by atoms with E-state index in [4.69, 9.17) is 14.7 Å². The van der Waals surface area contributed by atoms with Gasteiger partial charge in [0.25, 0.3) is 5.91 Å². The van der Waals surface area contributed by atoms with Crippen molar-refractivity contribution in [3.63, 3.8) is 0 Å². The van der Waals surface area contributed by atoms with E-state index in [2.05, 4.69) is 0 Å². The third kappa shape index (κ3) is 3.12. The first kappa shape index (κ1) is 12.9. The number of hydrogen-bond donors (Lipinski definition) is 3. The molecule has 0 aromatic heterocycles. The number of phenolic OH excluding ortho intramolecular Hbond substituents is 1. The Morgan fingerprint density at radius 1 is 1.29 bits per heavy atom. The van der Waals surface area contributed by atoms with E-state index in [9.17, 15) is 9.90 Å². The molecule has 0 bridgehead atoms. The SMILES string of the molecule is COc1cc(/C=C/C(=O)NO)cc(OC)c1O. The Morgan fingerprint density at radius 3 is 2.24 bits per heavy atom. The van der Waals surface area contributed by atoms with Gasteiger partial charge in [0.1, 0.15) is 0 Å². The Bertz CT molecular complexity index is 416. The maximum absolute atomic E-state index is 10.8. The lowest BCUT2D eigenvalue weighted by Crippen LogP contribution is -2.14. The molecule has 3 N–H and O–H groups in total. The summed E-state index contributed by atoms with van der Waals surface area (Å²) in [6.07, 6.45) is 2.57. The maximum atomic E-state index is 10.8. The molecule has 0 fully saturated rings. The van der Waals surface area contributed by atoms with Gasteiger partial charge in [0.2, 0.25) is 5.75 Å². The molecule has 0 aliphatic rings. The monoisotopic (exact) mass is 239 g/mol. The van der Waals surface area contributed by atoms with Gasteiger partial charge in [0, 0.05) is 6.08 Å². The highest BCUT2D eigenvalue weighted by molar-refractivity contribution is 5.91. The number of carbonyl (C=O) groups excluding carboxylic acids is 1. The van der Waals surface area contributed by atoms with Crippen molar-refractivity contribution in [1.82, 2.24) is 5.48 Å². The fourth-order valence-corrected chi connectivity index (χ4v) is 1.22. The van der Waals surface area contributed by atoms with Crippen LogP contribution in [0.4, 0.5) is 0 Å². The van der Waals surface area contributed by atoms with Crippen LogP contribution in [0.1, 0.15) is 5.56 Å². The number of carbonyl (C=O) groups is 1. The minimum absolute atomic E-state index is 0.112. The van der Waals surface area contributed by atoms with Crippen LogP contribution in [0.25, 0.3) is 6.08 Å². The summed E-state index contributed by atoms with van der Waals surface area (Å²) < 4.78 is 9.89. The van der Waals surface area contributed by atoms with Gasteiger partial charge in [-0.15, -0.1) is 0 Å². The van der Waals surface area contributed by atoms with Crippen molar-refractivity contribution >= 4 is 12.0 Å². The first-order chi connectivity index (χ1) is 8.12. The van der Waals surface area contributed by atoms with E-state index in [1.165, 1.54) is 37.9 Å².